The molecule has 6 heteroatoms. The summed E-state index contributed by atoms with van der Waals surface area (Å²) in [5, 5.41) is 12.3. The number of methoxy groups -OCH3 is 1. The summed E-state index contributed by atoms with van der Waals surface area (Å²) in [6.07, 6.45) is -2.07. The number of halogens is 3. The van der Waals surface area contributed by atoms with Gasteiger partial charge in [-0.2, -0.15) is 13.2 Å². The van der Waals surface area contributed by atoms with Crippen LogP contribution in [0, 0.1) is 5.92 Å². The average Bonchev–Trinajstić information content (AvgIpc) is 2.28. The van der Waals surface area contributed by atoms with Gasteiger partial charge in [-0.15, -0.1) is 0 Å². The highest BCUT2D eigenvalue weighted by Crippen LogP contribution is 2.37. The minimum Gasteiger partial charge on any atom is -0.391 e. The van der Waals surface area contributed by atoms with Crippen LogP contribution in [0.4, 0.5) is 13.2 Å². The number of hydrogen-bond acceptors (Lipinski definition) is 3. The second kappa shape index (κ2) is 7.31. The van der Waals surface area contributed by atoms with E-state index in [2.05, 4.69) is 5.32 Å². The van der Waals surface area contributed by atoms with E-state index < -0.39 is 24.2 Å². The lowest BCUT2D eigenvalue weighted by atomic mass is 9.84. The minimum absolute atomic E-state index is 0.210. The third-order valence-electron chi connectivity index (χ3n) is 3.43. The first kappa shape index (κ1) is 15.7. The molecule has 0 bridgehead atoms. The molecule has 0 aliphatic heterocycles. The molecule has 0 aromatic carbocycles. The molecule has 1 saturated carbocycles. The fourth-order valence-electron chi connectivity index (χ4n) is 2.48. The van der Waals surface area contributed by atoms with Crippen LogP contribution in [0.3, 0.4) is 0 Å². The second-order valence-corrected chi connectivity index (χ2v) is 4.89. The van der Waals surface area contributed by atoms with Gasteiger partial charge in [0, 0.05) is 13.2 Å². The van der Waals surface area contributed by atoms with Gasteiger partial charge < -0.3 is 15.2 Å². The molecule has 3 unspecified atom stereocenters. The largest absolute Gasteiger partial charge is 0.393 e. The molecular weight excluding hydrogens is 247 g/mol. The lowest BCUT2D eigenvalue weighted by molar-refractivity contribution is -0.188. The highest BCUT2D eigenvalue weighted by atomic mass is 19.4. The van der Waals surface area contributed by atoms with Crippen molar-refractivity contribution in [3.05, 3.63) is 0 Å². The molecule has 1 rings (SSSR count). The van der Waals surface area contributed by atoms with Crippen LogP contribution in [0.15, 0.2) is 0 Å². The molecule has 1 aliphatic rings. The zero-order valence-corrected chi connectivity index (χ0v) is 10.7. The van der Waals surface area contributed by atoms with Gasteiger partial charge in [-0.05, 0) is 25.8 Å². The standard InChI is InChI=1S/C12H22F3NO2/c1-18-8-9(17)6-7-16-11-5-3-2-4-10(11)12(13,14)15/h9-11,16-17H,2-8H2,1H3. The van der Waals surface area contributed by atoms with Gasteiger partial charge in [0.1, 0.15) is 0 Å². The van der Waals surface area contributed by atoms with E-state index >= 15 is 0 Å². The molecule has 0 heterocycles. The molecule has 3 atom stereocenters. The smallest absolute Gasteiger partial charge is 0.391 e. The van der Waals surface area contributed by atoms with Crippen molar-refractivity contribution in [1.82, 2.24) is 5.32 Å². The lowest BCUT2D eigenvalue weighted by Gasteiger charge is -2.33. The lowest BCUT2D eigenvalue weighted by Crippen LogP contribution is -2.46. The van der Waals surface area contributed by atoms with Crippen LogP contribution in [-0.4, -0.2) is 43.7 Å². The Morgan fingerprint density at radius 1 is 1.33 bits per heavy atom. The van der Waals surface area contributed by atoms with Gasteiger partial charge in [0.25, 0.3) is 0 Å². The Labute approximate surface area is 106 Å². The normalized spacial score (nSPS) is 27.2. The van der Waals surface area contributed by atoms with Gasteiger partial charge in [-0.3, -0.25) is 0 Å². The minimum atomic E-state index is -4.12. The number of nitrogens with one attached hydrogen (secondary N) is 1. The van der Waals surface area contributed by atoms with E-state index in [-0.39, 0.29) is 13.0 Å². The molecule has 3 nitrogen and oxygen atoms in total. The molecule has 0 aromatic rings. The van der Waals surface area contributed by atoms with Crippen molar-refractivity contribution in [3.8, 4) is 0 Å². The van der Waals surface area contributed by atoms with Gasteiger partial charge in [0.15, 0.2) is 0 Å². The third-order valence-corrected chi connectivity index (χ3v) is 3.43. The summed E-state index contributed by atoms with van der Waals surface area (Å²) in [5.74, 6) is -1.24. The quantitative estimate of drug-likeness (QED) is 0.776. The summed E-state index contributed by atoms with van der Waals surface area (Å²) in [7, 11) is 1.48. The fraction of sp³-hybridized carbons (Fsp3) is 1.00. The molecule has 18 heavy (non-hydrogen) atoms. The summed E-state index contributed by atoms with van der Waals surface area (Å²) < 4.78 is 43.1. The van der Waals surface area contributed by atoms with Gasteiger partial charge >= 0.3 is 6.18 Å². The number of ether oxygens (including phenoxy) is 1. The maximum atomic E-state index is 12.8. The summed E-state index contributed by atoms with van der Waals surface area (Å²) in [4.78, 5) is 0. The summed E-state index contributed by atoms with van der Waals surface area (Å²) in [6, 6.07) is -0.506. The van der Waals surface area contributed by atoms with E-state index in [9.17, 15) is 18.3 Å². The van der Waals surface area contributed by atoms with Gasteiger partial charge in [-0.1, -0.05) is 12.8 Å². The van der Waals surface area contributed by atoms with Gasteiger partial charge in [0.2, 0.25) is 0 Å². The Kier molecular flexibility index (Phi) is 6.38. The Morgan fingerprint density at radius 2 is 2.00 bits per heavy atom. The highest BCUT2D eigenvalue weighted by Gasteiger charge is 2.45. The van der Waals surface area contributed by atoms with Crippen molar-refractivity contribution < 1.29 is 23.0 Å². The van der Waals surface area contributed by atoms with Crippen LogP contribution >= 0.6 is 0 Å². The van der Waals surface area contributed by atoms with Crippen molar-refractivity contribution in [1.29, 1.82) is 0 Å². The number of alkyl halides is 3. The molecule has 0 aromatic heterocycles. The molecular formula is C12H22F3NO2. The predicted molar refractivity (Wildman–Crippen MR) is 62.3 cm³/mol. The first-order valence-corrected chi connectivity index (χ1v) is 6.42. The van der Waals surface area contributed by atoms with Crippen LogP contribution in [0.1, 0.15) is 32.1 Å². The van der Waals surface area contributed by atoms with E-state index in [1.54, 1.807) is 0 Å². The van der Waals surface area contributed by atoms with Crippen LogP contribution in [0.25, 0.3) is 0 Å². The fourth-order valence-corrected chi connectivity index (χ4v) is 2.48. The molecule has 0 amide bonds. The number of rotatable bonds is 6. The molecule has 1 aliphatic carbocycles. The van der Waals surface area contributed by atoms with Gasteiger partial charge in [0.05, 0.1) is 18.6 Å². The summed E-state index contributed by atoms with van der Waals surface area (Å²) >= 11 is 0. The summed E-state index contributed by atoms with van der Waals surface area (Å²) in [6.45, 7) is 0.608. The van der Waals surface area contributed by atoms with Crippen molar-refractivity contribution in [2.45, 2.75) is 50.4 Å². The van der Waals surface area contributed by atoms with Crippen molar-refractivity contribution in [2.24, 2.45) is 5.92 Å². The van der Waals surface area contributed by atoms with E-state index in [1.807, 2.05) is 0 Å². The van der Waals surface area contributed by atoms with Gasteiger partial charge in [-0.25, -0.2) is 0 Å². The van der Waals surface area contributed by atoms with Crippen LogP contribution in [0.2, 0.25) is 0 Å². The van der Waals surface area contributed by atoms with E-state index in [0.717, 1.165) is 6.42 Å². The van der Waals surface area contributed by atoms with Crippen molar-refractivity contribution in [2.75, 3.05) is 20.3 Å². The Bertz CT molecular complexity index is 236. The van der Waals surface area contributed by atoms with Crippen LogP contribution in [-0.2, 0) is 4.74 Å². The highest BCUT2D eigenvalue weighted by molar-refractivity contribution is 4.85. The van der Waals surface area contributed by atoms with Crippen molar-refractivity contribution >= 4 is 0 Å². The Hall–Kier alpha value is -0.330. The molecule has 0 spiro atoms. The van der Waals surface area contributed by atoms with E-state index in [1.165, 1.54) is 7.11 Å². The molecule has 108 valence electrons. The molecule has 0 radical (unpaired) electrons. The Balaban J connectivity index is 2.34. The Morgan fingerprint density at radius 3 is 2.61 bits per heavy atom. The summed E-state index contributed by atoms with van der Waals surface area (Å²) in [5.41, 5.74) is 0. The molecule has 2 N–H and O–H groups in total. The average molecular weight is 269 g/mol. The third kappa shape index (κ3) is 5.12. The van der Waals surface area contributed by atoms with Crippen molar-refractivity contribution in [3.63, 3.8) is 0 Å². The second-order valence-electron chi connectivity index (χ2n) is 4.89. The molecule has 1 fully saturated rings. The monoisotopic (exact) mass is 269 g/mol. The SMILES string of the molecule is COCC(O)CCNC1CCCCC1C(F)(F)F. The van der Waals surface area contributed by atoms with E-state index in [4.69, 9.17) is 4.74 Å². The van der Waals surface area contributed by atoms with E-state index in [0.29, 0.717) is 25.8 Å². The number of aliphatic hydroxyl groups excluding tert-OH is 1. The van der Waals surface area contributed by atoms with Crippen LogP contribution in [0.5, 0.6) is 0 Å². The maximum Gasteiger partial charge on any atom is 0.393 e. The predicted octanol–water partition coefficient (Wildman–Crippen LogP) is 2.09. The zero-order valence-electron chi connectivity index (χ0n) is 10.7. The molecule has 0 saturated heterocycles. The maximum absolute atomic E-state index is 12.8. The first-order chi connectivity index (χ1) is 8.45. The first-order valence-electron chi connectivity index (χ1n) is 6.42. The zero-order chi connectivity index (χ0) is 13.6. The topological polar surface area (TPSA) is 41.5 Å². The van der Waals surface area contributed by atoms with Crippen LogP contribution < -0.4 is 5.32 Å². The number of hydrogen-bond donors (Lipinski definition) is 2. The number of aliphatic hydroxyl groups is 1.